The van der Waals surface area contributed by atoms with E-state index in [4.69, 9.17) is 19.7 Å². The van der Waals surface area contributed by atoms with Crippen LogP contribution in [0.1, 0.15) is 64.6 Å². The number of anilines is 1. The number of hydrogen-bond donors (Lipinski definition) is 0. The molecular weight excluding hydrogens is 386 g/mol. The standard InChI is InChI=1S/C26H35N3O2/c1-16(2)26(17(3)4)21-13-15-25(24(21)28-31-26)14-7-8-20-22(30-27-23(20)25)18-9-11-19(12-10-18)29(5)6/h9-12,16-17,21H,7-8,13-15H2,1-6H3/t21-,25-/m1/s1. The average molecular weight is 422 g/mol. The highest BCUT2D eigenvalue weighted by molar-refractivity contribution is 6.00. The lowest BCUT2D eigenvalue weighted by Gasteiger charge is -2.39. The van der Waals surface area contributed by atoms with Crippen LogP contribution in [0.4, 0.5) is 5.69 Å². The van der Waals surface area contributed by atoms with Crippen molar-refractivity contribution in [3.05, 3.63) is 35.5 Å². The molecule has 1 spiro atoms. The first-order valence-electron chi connectivity index (χ1n) is 11.8. The highest BCUT2D eigenvalue weighted by Gasteiger charge is 2.63. The van der Waals surface area contributed by atoms with Gasteiger partial charge in [-0.15, -0.1) is 0 Å². The van der Waals surface area contributed by atoms with Crippen molar-refractivity contribution < 1.29 is 9.36 Å². The molecule has 1 aliphatic heterocycles. The van der Waals surface area contributed by atoms with Crippen LogP contribution in [0, 0.1) is 17.8 Å². The van der Waals surface area contributed by atoms with Gasteiger partial charge >= 0.3 is 0 Å². The molecule has 31 heavy (non-hydrogen) atoms. The Kier molecular flexibility index (Phi) is 4.72. The molecule has 3 aliphatic rings. The molecule has 2 aromatic rings. The summed E-state index contributed by atoms with van der Waals surface area (Å²) in [5.74, 6) is 2.14. The molecule has 2 heterocycles. The molecule has 1 aromatic heterocycles. The van der Waals surface area contributed by atoms with Crippen molar-refractivity contribution in [1.29, 1.82) is 0 Å². The predicted molar refractivity (Wildman–Crippen MR) is 125 cm³/mol. The van der Waals surface area contributed by atoms with E-state index in [0.717, 1.165) is 49.1 Å². The molecule has 0 saturated heterocycles. The van der Waals surface area contributed by atoms with Gasteiger partial charge in [-0.05, 0) is 68.2 Å². The van der Waals surface area contributed by atoms with Crippen molar-refractivity contribution in [3.63, 3.8) is 0 Å². The van der Waals surface area contributed by atoms with Gasteiger partial charge in [-0.3, -0.25) is 0 Å². The van der Waals surface area contributed by atoms with Crippen LogP contribution in [0.3, 0.4) is 0 Å². The van der Waals surface area contributed by atoms with E-state index in [0.29, 0.717) is 17.8 Å². The summed E-state index contributed by atoms with van der Waals surface area (Å²) in [6, 6.07) is 8.58. The van der Waals surface area contributed by atoms with Crippen molar-refractivity contribution >= 4 is 11.4 Å². The van der Waals surface area contributed by atoms with Gasteiger partial charge in [-0.1, -0.05) is 38.0 Å². The van der Waals surface area contributed by atoms with Crippen LogP contribution in [0.25, 0.3) is 11.3 Å². The molecule has 1 saturated carbocycles. The fourth-order valence-corrected chi connectivity index (χ4v) is 6.69. The maximum absolute atomic E-state index is 6.32. The molecule has 0 radical (unpaired) electrons. The van der Waals surface area contributed by atoms with Crippen LogP contribution >= 0.6 is 0 Å². The molecule has 0 N–H and O–H groups in total. The number of hydrogen-bond acceptors (Lipinski definition) is 5. The molecule has 2 atom stereocenters. The minimum absolute atomic E-state index is 0.116. The van der Waals surface area contributed by atoms with E-state index in [2.05, 4.69) is 71.0 Å². The normalized spacial score (nSPS) is 26.2. The zero-order chi connectivity index (χ0) is 22.0. The quantitative estimate of drug-likeness (QED) is 0.623. The average Bonchev–Trinajstić information content (AvgIpc) is 3.43. The highest BCUT2D eigenvalue weighted by Crippen LogP contribution is 2.58. The zero-order valence-electron chi connectivity index (χ0n) is 19.7. The number of oxime groups is 1. The smallest absolute Gasteiger partial charge is 0.170 e. The minimum atomic E-state index is -0.203. The molecule has 0 bridgehead atoms. The van der Waals surface area contributed by atoms with Crippen LogP contribution in [0.5, 0.6) is 0 Å². The molecule has 5 rings (SSSR count). The largest absolute Gasteiger partial charge is 0.388 e. The van der Waals surface area contributed by atoms with Gasteiger partial charge in [-0.25, -0.2) is 0 Å². The summed E-state index contributed by atoms with van der Waals surface area (Å²) in [6.45, 7) is 9.12. The van der Waals surface area contributed by atoms with Gasteiger partial charge in [0, 0.05) is 36.8 Å². The monoisotopic (exact) mass is 421 g/mol. The summed E-state index contributed by atoms with van der Waals surface area (Å²) in [4.78, 5) is 8.44. The lowest BCUT2D eigenvalue weighted by Crippen LogP contribution is -2.48. The van der Waals surface area contributed by atoms with Crippen LogP contribution < -0.4 is 4.90 Å². The third kappa shape index (κ3) is 2.74. The van der Waals surface area contributed by atoms with E-state index in [9.17, 15) is 0 Å². The Hall–Kier alpha value is -2.30. The van der Waals surface area contributed by atoms with Crippen LogP contribution in [0.2, 0.25) is 0 Å². The van der Waals surface area contributed by atoms with E-state index >= 15 is 0 Å². The van der Waals surface area contributed by atoms with Gasteiger partial charge in [-0.2, -0.15) is 0 Å². The molecule has 2 aliphatic carbocycles. The fourth-order valence-electron chi connectivity index (χ4n) is 6.69. The first kappa shape index (κ1) is 20.6. The first-order valence-corrected chi connectivity index (χ1v) is 11.8. The summed E-state index contributed by atoms with van der Waals surface area (Å²) < 4.78 is 6.03. The number of rotatable bonds is 4. The Morgan fingerprint density at radius 1 is 1.03 bits per heavy atom. The molecule has 166 valence electrons. The summed E-state index contributed by atoms with van der Waals surface area (Å²) in [6.07, 6.45) is 5.47. The fraction of sp³-hybridized carbons (Fsp3) is 0.615. The topological polar surface area (TPSA) is 50.9 Å². The van der Waals surface area contributed by atoms with Gasteiger partial charge in [0.05, 0.1) is 16.8 Å². The maximum atomic E-state index is 6.32. The third-order valence-corrected chi connectivity index (χ3v) is 8.25. The Morgan fingerprint density at radius 3 is 2.39 bits per heavy atom. The van der Waals surface area contributed by atoms with E-state index in [1.54, 1.807) is 0 Å². The van der Waals surface area contributed by atoms with Gasteiger partial charge in [0.1, 0.15) is 5.60 Å². The molecular formula is C26H35N3O2. The van der Waals surface area contributed by atoms with E-state index in [1.807, 2.05) is 0 Å². The number of nitrogens with zero attached hydrogens (tertiary/aromatic N) is 3. The maximum Gasteiger partial charge on any atom is 0.170 e. The molecule has 0 unspecified atom stereocenters. The van der Waals surface area contributed by atoms with Crippen molar-refractivity contribution in [2.45, 2.75) is 70.8 Å². The lowest BCUT2D eigenvalue weighted by molar-refractivity contribution is -0.113. The number of fused-ring (bicyclic) bond motifs is 4. The van der Waals surface area contributed by atoms with Crippen LogP contribution in [-0.4, -0.2) is 30.6 Å². The Morgan fingerprint density at radius 2 is 1.74 bits per heavy atom. The zero-order valence-corrected chi connectivity index (χ0v) is 19.7. The van der Waals surface area contributed by atoms with Gasteiger partial charge < -0.3 is 14.3 Å². The second-order valence-corrected chi connectivity index (χ2v) is 10.5. The van der Waals surface area contributed by atoms with Crippen molar-refractivity contribution in [3.8, 4) is 11.3 Å². The van der Waals surface area contributed by atoms with Crippen LogP contribution in [0.15, 0.2) is 33.9 Å². The Labute approximate surface area is 185 Å². The second kappa shape index (κ2) is 7.11. The molecule has 5 nitrogen and oxygen atoms in total. The van der Waals surface area contributed by atoms with E-state index in [1.165, 1.54) is 17.0 Å². The summed E-state index contributed by atoms with van der Waals surface area (Å²) in [7, 11) is 4.12. The lowest BCUT2D eigenvalue weighted by atomic mass is 9.66. The van der Waals surface area contributed by atoms with Crippen molar-refractivity contribution in [2.24, 2.45) is 22.9 Å². The molecule has 5 heteroatoms. The van der Waals surface area contributed by atoms with E-state index in [-0.39, 0.29) is 11.0 Å². The Balaban J connectivity index is 1.54. The predicted octanol–water partition coefficient (Wildman–Crippen LogP) is 5.83. The van der Waals surface area contributed by atoms with Gasteiger partial charge in [0.2, 0.25) is 0 Å². The molecule has 0 amide bonds. The second-order valence-electron chi connectivity index (χ2n) is 10.5. The van der Waals surface area contributed by atoms with E-state index < -0.39 is 0 Å². The third-order valence-electron chi connectivity index (χ3n) is 8.25. The van der Waals surface area contributed by atoms with Gasteiger partial charge in [0.25, 0.3) is 0 Å². The summed E-state index contributed by atoms with van der Waals surface area (Å²) in [5, 5.41) is 9.51. The highest BCUT2D eigenvalue weighted by atomic mass is 16.7. The number of aromatic nitrogens is 1. The summed E-state index contributed by atoms with van der Waals surface area (Å²) in [5.41, 5.74) is 5.61. The van der Waals surface area contributed by atoms with Crippen LogP contribution in [-0.2, 0) is 16.7 Å². The Bertz CT molecular complexity index is 994. The van der Waals surface area contributed by atoms with Crippen molar-refractivity contribution in [2.75, 3.05) is 19.0 Å². The van der Waals surface area contributed by atoms with Crippen molar-refractivity contribution in [1.82, 2.24) is 5.16 Å². The minimum Gasteiger partial charge on any atom is -0.388 e. The molecule has 1 fully saturated rings. The summed E-state index contributed by atoms with van der Waals surface area (Å²) >= 11 is 0. The first-order chi connectivity index (χ1) is 14.8. The number of benzene rings is 1. The SMILES string of the molecule is CC(C)C1(C(C)C)ON=C2[C@H]1CC[C@@]21CCCc2c1noc2-c1ccc(N(C)C)cc1. The molecule has 1 aromatic carbocycles. The van der Waals surface area contributed by atoms with Gasteiger partial charge in [0.15, 0.2) is 5.76 Å².